The molecule has 2 amide bonds. The number of H-pyrrole nitrogens is 1. The summed E-state index contributed by atoms with van der Waals surface area (Å²) in [6, 6.07) is 18.9. The first-order chi connectivity index (χ1) is 14.7. The van der Waals surface area contributed by atoms with E-state index in [0.29, 0.717) is 23.9 Å². The Morgan fingerprint density at radius 2 is 1.70 bits per heavy atom. The lowest BCUT2D eigenvalue weighted by Gasteiger charge is -2.20. The van der Waals surface area contributed by atoms with E-state index in [-0.39, 0.29) is 11.8 Å². The highest BCUT2D eigenvalue weighted by atomic mass is 19.1. The molecular weight excluding hydrogens is 381 g/mol. The van der Waals surface area contributed by atoms with Crippen molar-refractivity contribution in [3.05, 3.63) is 84.9 Å². The molecule has 2 aromatic carbocycles. The average Bonchev–Trinajstić information content (AvgIpc) is 3.20. The number of nitrogens with zero attached hydrogens (tertiary/aromatic N) is 3. The first-order valence-corrected chi connectivity index (χ1v) is 9.55. The molecule has 0 unspecified atom stereocenters. The molecule has 30 heavy (non-hydrogen) atoms. The maximum absolute atomic E-state index is 13.4. The lowest BCUT2D eigenvalue weighted by atomic mass is 10.1. The van der Waals surface area contributed by atoms with Crippen LogP contribution in [0.15, 0.2) is 79.1 Å². The molecule has 0 bridgehead atoms. The zero-order valence-electron chi connectivity index (χ0n) is 16.3. The molecule has 2 heterocycles. The van der Waals surface area contributed by atoms with E-state index in [1.54, 1.807) is 29.4 Å². The molecule has 0 aliphatic rings. The van der Waals surface area contributed by atoms with Crippen LogP contribution in [0.4, 0.5) is 20.8 Å². The Labute approximate surface area is 173 Å². The fraction of sp³-hybridized carbons (Fsp3) is 0.0870. The topological polar surface area (TPSA) is 73.9 Å². The Morgan fingerprint density at radius 1 is 1.00 bits per heavy atom. The molecule has 2 aromatic heterocycles. The van der Waals surface area contributed by atoms with Gasteiger partial charge in [-0.1, -0.05) is 18.2 Å². The zero-order valence-corrected chi connectivity index (χ0v) is 16.3. The predicted octanol–water partition coefficient (Wildman–Crippen LogP) is 5.34. The number of aromatic amines is 1. The molecule has 2 N–H and O–H groups in total. The first-order valence-electron chi connectivity index (χ1n) is 9.55. The van der Waals surface area contributed by atoms with Gasteiger partial charge < -0.3 is 4.98 Å². The molecule has 0 radical (unpaired) electrons. The summed E-state index contributed by atoms with van der Waals surface area (Å²) in [7, 11) is 0. The molecular formula is C23H20FN5O. The van der Waals surface area contributed by atoms with Crippen LogP contribution in [0.1, 0.15) is 6.92 Å². The highest BCUT2D eigenvalue weighted by molar-refractivity contribution is 6.01. The van der Waals surface area contributed by atoms with Gasteiger partial charge in [-0.2, -0.15) is 0 Å². The van der Waals surface area contributed by atoms with E-state index in [9.17, 15) is 9.18 Å². The Hall–Kier alpha value is -4.00. The maximum atomic E-state index is 13.4. The van der Waals surface area contributed by atoms with Crippen molar-refractivity contribution in [1.29, 1.82) is 0 Å². The maximum Gasteiger partial charge on any atom is 0.328 e. The van der Waals surface area contributed by atoms with Gasteiger partial charge in [0.2, 0.25) is 5.95 Å². The van der Waals surface area contributed by atoms with E-state index in [1.165, 1.54) is 12.1 Å². The summed E-state index contributed by atoms with van der Waals surface area (Å²) in [5.41, 5.74) is 3.70. The van der Waals surface area contributed by atoms with Crippen LogP contribution in [0.2, 0.25) is 0 Å². The minimum atomic E-state index is -0.324. The largest absolute Gasteiger partial charge is 0.328 e. The molecule has 7 heteroatoms. The lowest BCUT2D eigenvalue weighted by molar-refractivity contribution is 0.257. The van der Waals surface area contributed by atoms with Gasteiger partial charge in [0.05, 0.1) is 11.4 Å². The second-order valence-corrected chi connectivity index (χ2v) is 6.56. The Kier molecular flexibility index (Phi) is 5.52. The van der Waals surface area contributed by atoms with Gasteiger partial charge in [-0.25, -0.2) is 14.2 Å². The zero-order chi connectivity index (χ0) is 20.9. The van der Waals surface area contributed by atoms with Crippen LogP contribution in [0.25, 0.3) is 22.5 Å². The van der Waals surface area contributed by atoms with E-state index in [0.717, 1.165) is 16.8 Å². The van der Waals surface area contributed by atoms with Crippen molar-refractivity contribution in [1.82, 2.24) is 15.0 Å². The number of aromatic nitrogens is 3. The SMILES string of the molecule is CCN(C(=O)Nc1nc(-c2ccc(F)cc2)c(-c2ccncc2)[nH]1)c1ccccc1. The number of hydrogen-bond acceptors (Lipinski definition) is 3. The summed E-state index contributed by atoms with van der Waals surface area (Å²) >= 11 is 0. The number of carbonyl (C=O) groups is 1. The summed E-state index contributed by atoms with van der Waals surface area (Å²) in [4.78, 5) is 26.3. The minimum Gasteiger partial charge on any atom is -0.323 e. The average molecular weight is 401 g/mol. The summed E-state index contributed by atoms with van der Waals surface area (Å²) in [5.74, 6) is -0.0183. The van der Waals surface area contributed by atoms with Crippen molar-refractivity contribution in [2.24, 2.45) is 0 Å². The highest BCUT2D eigenvalue weighted by Gasteiger charge is 2.19. The van der Waals surface area contributed by atoms with Crippen molar-refractivity contribution in [2.45, 2.75) is 6.92 Å². The fourth-order valence-electron chi connectivity index (χ4n) is 3.20. The number of urea groups is 1. The third-order valence-corrected chi connectivity index (χ3v) is 4.65. The summed E-state index contributed by atoms with van der Waals surface area (Å²) < 4.78 is 13.4. The number of rotatable bonds is 5. The standard InChI is InChI=1S/C23H20FN5O/c1-2-29(19-6-4-3-5-7-19)23(30)28-22-26-20(16-8-10-18(24)11-9-16)21(27-22)17-12-14-25-15-13-17/h3-15H,2H2,1H3,(H2,26,27,28,30). The molecule has 0 spiro atoms. The van der Waals surface area contributed by atoms with Gasteiger partial charge in [0.15, 0.2) is 0 Å². The summed E-state index contributed by atoms with van der Waals surface area (Å²) in [6.07, 6.45) is 3.36. The summed E-state index contributed by atoms with van der Waals surface area (Å²) in [5, 5.41) is 2.83. The van der Waals surface area contributed by atoms with Crippen LogP contribution in [-0.2, 0) is 0 Å². The van der Waals surface area contributed by atoms with E-state index in [1.807, 2.05) is 49.4 Å². The molecule has 150 valence electrons. The monoisotopic (exact) mass is 401 g/mol. The number of para-hydroxylation sites is 1. The quantitative estimate of drug-likeness (QED) is 0.474. The van der Waals surface area contributed by atoms with Gasteiger partial charge in [0.25, 0.3) is 0 Å². The van der Waals surface area contributed by atoms with Crippen molar-refractivity contribution in [3.63, 3.8) is 0 Å². The van der Waals surface area contributed by atoms with Crippen LogP contribution in [-0.4, -0.2) is 27.5 Å². The molecule has 0 aliphatic heterocycles. The van der Waals surface area contributed by atoms with Crippen LogP contribution < -0.4 is 10.2 Å². The van der Waals surface area contributed by atoms with Crippen LogP contribution in [0, 0.1) is 5.82 Å². The minimum absolute atomic E-state index is 0.301. The van der Waals surface area contributed by atoms with Crippen molar-refractivity contribution in [2.75, 3.05) is 16.8 Å². The Bertz CT molecular complexity index is 1130. The van der Waals surface area contributed by atoms with Gasteiger partial charge in [-0.15, -0.1) is 0 Å². The number of pyridine rings is 1. The van der Waals surface area contributed by atoms with Crippen molar-refractivity contribution >= 4 is 17.7 Å². The smallest absolute Gasteiger partial charge is 0.323 e. The third kappa shape index (κ3) is 4.05. The fourth-order valence-corrected chi connectivity index (χ4v) is 3.20. The molecule has 0 aliphatic carbocycles. The van der Waals surface area contributed by atoms with Gasteiger partial charge in [-0.05, 0) is 55.5 Å². The first kappa shape index (κ1) is 19.3. The predicted molar refractivity (Wildman–Crippen MR) is 116 cm³/mol. The van der Waals surface area contributed by atoms with Gasteiger partial charge in [-0.3, -0.25) is 15.2 Å². The van der Waals surface area contributed by atoms with Crippen LogP contribution in [0.3, 0.4) is 0 Å². The van der Waals surface area contributed by atoms with Gasteiger partial charge in [0.1, 0.15) is 5.82 Å². The molecule has 4 rings (SSSR count). The highest BCUT2D eigenvalue weighted by Crippen LogP contribution is 2.31. The molecule has 0 saturated heterocycles. The number of halogens is 1. The molecule has 0 saturated carbocycles. The summed E-state index contributed by atoms with van der Waals surface area (Å²) in [6.45, 7) is 2.40. The normalized spacial score (nSPS) is 10.6. The second kappa shape index (κ2) is 8.57. The number of anilines is 2. The Balaban J connectivity index is 1.69. The third-order valence-electron chi connectivity index (χ3n) is 4.65. The number of carbonyl (C=O) groups excluding carboxylic acids is 1. The molecule has 4 aromatic rings. The molecule has 0 atom stereocenters. The number of benzene rings is 2. The van der Waals surface area contributed by atoms with Gasteiger partial charge in [0, 0.05) is 35.8 Å². The molecule has 6 nitrogen and oxygen atoms in total. The van der Waals surface area contributed by atoms with Crippen molar-refractivity contribution < 1.29 is 9.18 Å². The van der Waals surface area contributed by atoms with Crippen LogP contribution >= 0.6 is 0 Å². The number of amides is 2. The van der Waals surface area contributed by atoms with E-state index >= 15 is 0 Å². The van der Waals surface area contributed by atoms with Crippen molar-refractivity contribution in [3.8, 4) is 22.5 Å². The Morgan fingerprint density at radius 3 is 2.37 bits per heavy atom. The second-order valence-electron chi connectivity index (χ2n) is 6.56. The number of hydrogen-bond donors (Lipinski definition) is 2. The van der Waals surface area contributed by atoms with Gasteiger partial charge >= 0.3 is 6.03 Å². The lowest BCUT2D eigenvalue weighted by Crippen LogP contribution is -2.35. The number of imidazole rings is 1. The van der Waals surface area contributed by atoms with E-state index < -0.39 is 0 Å². The van der Waals surface area contributed by atoms with Crippen LogP contribution in [0.5, 0.6) is 0 Å². The van der Waals surface area contributed by atoms with E-state index in [2.05, 4.69) is 20.3 Å². The van der Waals surface area contributed by atoms with E-state index in [4.69, 9.17) is 0 Å². The molecule has 0 fully saturated rings. The number of nitrogens with one attached hydrogen (secondary N) is 2.